The summed E-state index contributed by atoms with van der Waals surface area (Å²) in [5.41, 5.74) is 0.709. The van der Waals surface area contributed by atoms with Crippen molar-refractivity contribution in [3.63, 3.8) is 0 Å². The normalized spacial score (nSPS) is 11.5. The Bertz CT molecular complexity index is 526. The zero-order chi connectivity index (χ0) is 12.5. The van der Waals surface area contributed by atoms with Crippen molar-refractivity contribution >= 4 is 11.6 Å². The molecule has 0 radical (unpaired) electrons. The molecule has 0 spiro atoms. The maximum Gasteiger partial charge on any atom is 0.451 e. The van der Waals surface area contributed by atoms with E-state index in [0.717, 1.165) is 0 Å². The summed E-state index contributed by atoms with van der Waals surface area (Å²) in [6.07, 6.45) is -4.60. The fourth-order valence-electron chi connectivity index (χ4n) is 1.30. The lowest BCUT2D eigenvalue weighted by molar-refractivity contribution is -0.144. The SMILES string of the molecule is FC(F)(F)c1nc(Cl)cc(-c2ccccc2)n1. The van der Waals surface area contributed by atoms with Gasteiger partial charge in [-0.15, -0.1) is 0 Å². The van der Waals surface area contributed by atoms with Gasteiger partial charge >= 0.3 is 6.18 Å². The molecule has 0 aliphatic heterocycles. The molecule has 2 aromatic rings. The van der Waals surface area contributed by atoms with Crippen molar-refractivity contribution in [3.05, 3.63) is 47.4 Å². The van der Waals surface area contributed by atoms with Gasteiger partial charge < -0.3 is 0 Å². The molecule has 0 bridgehead atoms. The molecule has 0 atom stereocenters. The molecule has 88 valence electrons. The highest BCUT2D eigenvalue weighted by atomic mass is 35.5. The van der Waals surface area contributed by atoms with E-state index in [1.54, 1.807) is 30.3 Å². The maximum absolute atomic E-state index is 12.5. The highest BCUT2D eigenvalue weighted by Gasteiger charge is 2.35. The molecule has 0 unspecified atom stereocenters. The van der Waals surface area contributed by atoms with Crippen LogP contribution in [0, 0.1) is 0 Å². The Morgan fingerprint density at radius 1 is 1.00 bits per heavy atom. The molecule has 0 saturated heterocycles. The number of nitrogens with zero attached hydrogens (tertiary/aromatic N) is 2. The Hall–Kier alpha value is -1.62. The molecule has 1 aromatic carbocycles. The number of alkyl halides is 3. The van der Waals surface area contributed by atoms with E-state index in [2.05, 4.69) is 9.97 Å². The smallest absolute Gasteiger partial charge is 0.224 e. The second-order valence-electron chi connectivity index (χ2n) is 3.26. The van der Waals surface area contributed by atoms with Gasteiger partial charge in [0.2, 0.25) is 5.82 Å². The number of rotatable bonds is 1. The molecule has 0 fully saturated rings. The summed E-state index contributed by atoms with van der Waals surface area (Å²) >= 11 is 5.55. The van der Waals surface area contributed by atoms with Crippen molar-refractivity contribution in [1.82, 2.24) is 9.97 Å². The Morgan fingerprint density at radius 3 is 2.24 bits per heavy atom. The fraction of sp³-hybridized carbons (Fsp3) is 0.0909. The van der Waals surface area contributed by atoms with Crippen molar-refractivity contribution in [3.8, 4) is 11.3 Å². The van der Waals surface area contributed by atoms with Crippen LogP contribution in [0.1, 0.15) is 5.82 Å². The van der Waals surface area contributed by atoms with Crippen molar-refractivity contribution < 1.29 is 13.2 Å². The van der Waals surface area contributed by atoms with E-state index in [1.807, 2.05) is 0 Å². The molecule has 2 nitrogen and oxygen atoms in total. The Labute approximate surface area is 100 Å². The van der Waals surface area contributed by atoms with Gasteiger partial charge in [-0.3, -0.25) is 0 Å². The molecule has 1 heterocycles. The summed E-state index contributed by atoms with van der Waals surface area (Å²) in [6.45, 7) is 0. The maximum atomic E-state index is 12.5. The number of benzene rings is 1. The predicted molar refractivity (Wildman–Crippen MR) is 57.5 cm³/mol. The van der Waals surface area contributed by atoms with E-state index in [9.17, 15) is 13.2 Å². The van der Waals surface area contributed by atoms with Crippen molar-refractivity contribution in [1.29, 1.82) is 0 Å². The molecular weight excluding hydrogens is 253 g/mol. The van der Waals surface area contributed by atoms with Crippen LogP contribution in [0.25, 0.3) is 11.3 Å². The van der Waals surface area contributed by atoms with Crippen LogP contribution in [0.2, 0.25) is 5.15 Å². The zero-order valence-corrected chi connectivity index (χ0v) is 9.13. The van der Waals surface area contributed by atoms with Crippen LogP contribution >= 0.6 is 11.6 Å². The second-order valence-corrected chi connectivity index (χ2v) is 3.65. The fourth-order valence-corrected chi connectivity index (χ4v) is 1.48. The summed E-state index contributed by atoms with van der Waals surface area (Å²) < 4.78 is 37.4. The first-order chi connectivity index (χ1) is 7.97. The number of hydrogen-bond acceptors (Lipinski definition) is 2. The zero-order valence-electron chi connectivity index (χ0n) is 8.37. The second kappa shape index (κ2) is 4.33. The van der Waals surface area contributed by atoms with Gasteiger partial charge in [-0.2, -0.15) is 13.2 Å². The Morgan fingerprint density at radius 2 is 1.65 bits per heavy atom. The largest absolute Gasteiger partial charge is 0.451 e. The quantitative estimate of drug-likeness (QED) is 0.727. The van der Waals surface area contributed by atoms with Crippen LogP contribution in [-0.4, -0.2) is 9.97 Å². The van der Waals surface area contributed by atoms with Crippen LogP contribution in [0.5, 0.6) is 0 Å². The lowest BCUT2D eigenvalue weighted by atomic mass is 10.1. The summed E-state index contributed by atoms with van der Waals surface area (Å²) in [4.78, 5) is 6.61. The average molecular weight is 259 g/mol. The van der Waals surface area contributed by atoms with Gasteiger partial charge in [0.25, 0.3) is 0 Å². The van der Waals surface area contributed by atoms with Gasteiger partial charge in [-0.1, -0.05) is 41.9 Å². The van der Waals surface area contributed by atoms with Gasteiger partial charge in [0.15, 0.2) is 0 Å². The van der Waals surface area contributed by atoms with Gasteiger partial charge in [-0.05, 0) is 0 Å². The van der Waals surface area contributed by atoms with Crippen molar-refractivity contribution in [2.45, 2.75) is 6.18 Å². The molecule has 17 heavy (non-hydrogen) atoms. The van der Waals surface area contributed by atoms with E-state index in [-0.39, 0.29) is 10.8 Å². The van der Waals surface area contributed by atoms with Gasteiger partial charge in [0, 0.05) is 11.6 Å². The van der Waals surface area contributed by atoms with Gasteiger partial charge in [-0.25, -0.2) is 9.97 Å². The van der Waals surface area contributed by atoms with Crippen LogP contribution in [0.3, 0.4) is 0 Å². The first-order valence-electron chi connectivity index (χ1n) is 4.64. The minimum Gasteiger partial charge on any atom is -0.224 e. The van der Waals surface area contributed by atoms with E-state index in [1.165, 1.54) is 6.07 Å². The third-order valence-corrected chi connectivity index (χ3v) is 2.21. The van der Waals surface area contributed by atoms with Gasteiger partial charge in [0.05, 0.1) is 5.69 Å². The number of aromatic nitrogens is 2. The first-order valence-corrected chi connectivity index (χ1v) is 5.02. The monoisotopic (exact) mass is 258 g/mol. The number of hydrogen-bond donors (Lipinski definition) is 0. The van der Waals surface area contributed by atoms with Gasteiger partial charge in [0.1, 0.15) is 5.15 Å². The standard InChI is InChI=1S/C11H6ClF3N2/c12-9-6-8(7-4-2-1-3-5-7)16-10(17-9)11(13,14)15/h1-6H. The van der Waals surface area contributed by atoms with Crippen LogP contribution in [0.15, 0.2) is 36.4 Å². The van der Waals surface area contributed by atoms with E-state index < -0.39 is 12.0 Å². The summed E-state index contributed by atoms with van der Waals surface area (Å²) in [5, 5.41) is -0.230. The Kier molecular flexibility index (Phi) is 3.02. The Balaban J connectivity index is 2.54. The molecule has 1 aromatic heterocycles. The lowest BCUT2D eigenvalue weighted by Gasteiger charge is -2.07. The predicted octanol–water partition coefficient (Wildman–Crippen LogP) is 3.82. The molecule has 6 heteroatoms. The van der Waals surface area contributed by atoms with E-state index in [0.29, 0.717) is 5.56 Å². The minimum atomic E-state index is -4.60. The van der Waals surface area contributed by atoms with Crippen molar-refractivity contribution in [2.75, 3.05) is 0 Å². The molecule has 0 amide bonds. The molecule has 2 rings (SSSR count). The first kappa shape index (κ1) is 11.9. The highest BCUT2D eigenvalue weighted by molar-refractivity contribution is 6.29. The van der Waals surface area contributed by atoms with Crippen LogP contribution < -0.4 is 0 Å². The van der Waals surface area contributed by atoms with Crippen molar-refractivity contribution in [2.24, 2.45) is 0 Å². The highest BCUT2D eigenvalue weighted by Crippen LogP contribution is 2.29. The third kappa shape index (κ3) is 2.74. The topological polar surface area (TPSA) is 25.8 Å². The number of halogens is 4. The molecular formula is C11H6ClF3N2. The summed E-state index contributed by atoms with van der Waals surface area (Å²) in [5.74, 6) is -1.23. The summed E-state index contributed by atoms with van der Waals surface area (Å²) in [7, 11) is 0. The molecule has 0 saturated carbocycles. The lowest BCUT2D eigenvalue weighted by Crippen LogP contribution is -2.11. The third-order valence-electron chi connectivity index (χ3n) is 2.02. The van der Waals surface area contributed by atoms with E-state index >= 15 is 0 Å². The average Bonchev–Trinajstić information content (AvgIpc) is 2.28. The van der Waals surface area contributed by atoms with Crippen LogP contribution in [-0.2, 0) is 6.18 Å². The van der Waals surface area contributed by atoms with Crippen LogP contribution in [0.4, 0.5) is 13.2 Å². The van der Waals surface area contributed by atoms with E-state index in [4.69, 9.17) is 11.6 Å². The minimum absolute atomic E-state index is 0.151. The molecule has 0 aliphatic carbocycles. The molecule has 0 aliphatic rings. The summed E-state index contributed by atoms with van der Waals surface area (Å²) in [6, 6.07) is 9.78. The molecule has 0 N–H and O–H groups in total.